The number of carboxylic acid groups (broad SMARTS) is 1. The van der Waals surface area contributed by atoms with Crippen LogP contribution in [0.1, 0.15) is 10.5 Å². The van der Waals surface area contributed by atoms with Gasteiger partial charge in [0.05, 0.1) is 0 Å². The number of aromatic nitrogens is 1. The van der Waals surface area contributed by atoms with E-state index in [1.165, 1.54) is 9.47 Å². The van der Waals surface area contributed by atoms with Crippen LogP contribution >= 0.6 is 0 Å². The fourth-order valence-corrected chi connectivity index (χ4v) is 1.99. The maximum absolute atomic E-state index is 12.3. The first-order chi connectivity index (χ1) is 8.99. The van der Waals surface area contributed by atoms with E-state index in [4.69, 9.17) is 5.11 Å². The summed E-state index contributed by atoms with van der Waals surface area (Å²) in [5.74, 6) is -1.44. The van der Waals surface area contributed by atoms with E-state index in [0.29, 0.717) is 18.8 Å². The largest absolute Gasteiger partial charge is 0.480 e. The second-order valence-corrected chi connectivity index (χ2v) is 4.46. The molecule has 0 bridgehead atoms. The molecule has 0 spiro atoms. The first-order valence-electron chi connectivity index (χ1n) is 5.89. The molecule has 1 N–H and O–H groups in total. The maximum atomic E-state index is 12.3. The highest BCUT2D eigenvalue weighted by molar-refractivity contribution is 5.96. The minimum Gasteiger partial charge on any atom is -0.480 e. The number of likely N-dealkylation sites (N-methyl/N-ethyl adjacent to an activating group) is 1. The molecule has 0 atom stereocenters. The van der Waals surface area contributed by atoms with Crippen LogP contribution in [0.5, 0.6) is 0 Å². The predicted molar refractivity (Wildman–Crippen MR) is 65.6 cm³/mol. The molecular formula is C12H15N3O4. The Hall–Kier alpha value is -2.31. The summed E-state index contributed by atoms with van der Waals surface area (Å²) in [6.07, 6.45) is 1.54. The topological polar surface area (TPSA) is 82.8 Å². The molecule has 1 aliphatic heterocycles. The molecule has 0 saturated carbocycles. The van der Waals surface area contributed by atoms with Gasteiger partial charge in [-0.1, -0.05) is 0 Å². The van der Waals surface area contributed by atoms with Crippen LogP contribution in [0.4, 0.5) is 0 Å². The monoisotopic (exact) mass is 265 g/mol. The lowest BCUT2D eigenvalue weighted by atomic mass is 10.3. The molecule has 0 aliphatic carbocycles. The fraction of sp³-hybridized carbons (Fsp3) is 0.417. The van der Waals surface area contributed by atoms with Crippen molar-refractivity contribution in [1.82, 2.24) is 14.4 Å². The summed E-state index contributed by atoms with van der Waals surface area (Å²) in [7, 11) is 1.69. The number of aliphatic carboxylic acids is 1. The summed E-state index contributed by atoms with van der Waals surface area (Å²) in [6.45, 7) is 0.715. The second kappa shape index (κ2) is 5.13. The van der Waals surface area contributed by atoms with Crippen molar-refractivity contribution in [2.24, 2.45) is 0 Å². The molecular weight excluding hydrogens is 250 g/mol. The number of carbonyl (C=O) groups is 3. The second-order valence-electron chi connectivity index (χ2n) is 4.46. The third kappa shape index (κ3) is 2.75. The SMILES string of the molecule is CN1CCN(C(=O)c2cccn2CC(=O)O)CC1=O. The van der Waals surface area contributed by atoms with E-state index in [0.717, 1.165) is 0 Å². The highest BCUT2D eigenvalue weighted by Crippen LogP contribution is 2.10. The van der Waals surface area contributed by atoms with Crippen LogP contribution in [-0.2, 0) is 16.1 Å². The van der Waals surface area contributed by atoms with Crippen molar-refractivity contribution in [3.8, 4) is 0 Å². The number of rotatable bonds is 3. The number of amides is 2. The molecule has 1 aromatic rings. The Balaban J connectivity index is 2.14. The maximum Gasteiger partial charge on any atom is 0.323 e. The lowest BCUT2D eigenvalue weighted by Crippen LogP contribution is -2.51. The zero-order valence-corrected chi connectivity index (χ0v) is 10.6. The lowest BCUT2D eigenvalue weighted by Gasteiger charge is -2.32. The van der Waals surface area contributed by atoms with Gasteiger partial charge in [-0.3, -0.25) is 14.4 Å². The molecule has 2 heterocycles. The highest BCUT2D eigenvalue weighted by atomic mass is 16.4. The molecule has 0 unspecified atom stereocenters. The van der Waals surface area contributed by atoms with E-state index in [1.807, 2.05) is 0 Å². The zero-order chi connectivity index (χ0) is 14.0. The van der Waals surface area contributed by atoms with Gasteiger partial charge in [-0.2, -0.15) is 0 Å². The van der Waals surface area contributed by atoms with Crippen LogP contribution in [-0.4, -0.2) is 63.9 Å². The first-order valence-corrected chi connectivity index (χ1v) is 5.89. The Morgan fingerprint density at radius 3 is 2.74 bits per heavy atom. The summed E-state index contributed by atoms with van der Waals surface area (Å²) in [5, 5.41) is 8.77. The van der Waals surface area contributed by atoms with Crippen molar-refractivity contribution >= 4 is 17.8 Å². The van der Waals surface area contributed by atoms with E-state index in [2.05, 4.69) is 0 Å². The van der Waals surface area contributed by atoms with Crippen LogP contribution in [0.3, 0.4) is 0 Å². The molecule has 0 radical (unpaired) electrons. The van der Waals surface area contributed by atoms with Gasteiger partial charge in [-0.15, -0.1) is 0 Å². The summed E-state index contributed by atoms with van der Waals surface area (Å²) < 4.78 is 1.37. The quantitative estimate of drug-likeness (QED) is 0.797. The molecule has 102 valence electrons. The fourth-order valence-electron chi connectivity index (χ4n) is 1.99. The number of piperazine rings is 1. The van der Waals surface area contributed by atoms with Crippen LogP contribution in [0, 0.1) is 0 Å². The van der Waals surface area contributed by atoms with E-state index in [-0.39, 0.29) is 24.9 Å². The molecule has 1 saturated heterocycles. The Morgan fingerprint density at radius 1 is 1.37 bits per heavy atom. The van der Waals surface area contributed by atoms with Crippen LogP contribution in [0.2, 0.25) is 0 Å². The van der Waals surface area contributed by atoms with Gasteiger partial charge >= 0.3 is 5.97 Å². The van der Waals surface area contributed by atoms with E-state index in [9.17, 15) is 14.4 Å². The number of carboxylic acids is 1. The molecule has 1 fully saturated rings. The Morgan fingerprint density at radius 2 is 2.11 bits per heavy atom. The molecule has 7 heteroatoms. The average molecular weight is 265 g/mol. The molecule has 2 amide bonds. The number of hydrogen-bond acceptors (Lipinski definition) is 3. The Labute approximate surface area is 110 Å². The van der Waals surface area contributed by atoms with Crippen molar-refractivity contribution in [2.75, 3.05) is 26.7 Å². The molecule has 1 aliphatic rings. The van der Waals surface area contributed by atoms with Gasteiger partial charge in [-0.05, 0) is 12.1 Å². The van der Waals surface area contributed by atoms with Gasteiger partial charge in [-0.25, -0.2) is 0 Å². The molecule has 0 aromatic carbocycles. The summed E-state index contributed by atoms with van der Waals surface area (Å²) in [4.78, 5) is 37.5. The third-order valence-electron chi connectivity index (χ3n) is 3.10. The molecule has 2 rings (SSSR count). The van der Waals surface area contributed by atoms with Crippen molar-refractivity contribution in [1.29, 1.82) is 0 Å². The molecule has 19 heavy (non-hydrogen) atoms. The van der Waals surface area contributed by atoms with Crippen molar-refractivity contribution in [2.45, 2.75) is 6.54 Å². The minimum absolute atomic E-state index is 0.0353. The lowest BCUT2D eigenvalue weighted by molar-refractivity contribution is -0.137. The molecule has 7 nitrogen and oxygen atoms in total. The van der Waals surface area contributed by atoms with Gasteiger partial charge in [0.1, 0.15) is 18.8 Å². The number of nitrogens with zero attached hydrogens (tertiary/aromatic N) is 3. The van der Waals surface area contributed by atoms with Crippen molar-refractivity contribution in [3.63, 3.8) is 0 Å². The average Bonchev–Trinajstić information content (AvgIpc) is 2.79. The minimum atomic E-state index is -1.01. The summed E-state index contributed by atoms with van der Waals surface area (Å²) in [5.41, 5.74) is 0.291. The van der Waals surface area contributed by atoms with Gasteiger partial charge < -0.3 is 19.5 Å². The van der Waals surface area contributed by atoms with Crippen molar-refractivity contribution in [3.05, 3.63) is 24.0 Å². The van der Waals surface area contributed by atoms with E-state index < -0.39 is 5.97 Å². The van der Waals surface area contributed by atoms with Crippen LogP contribution < -0.4 is 0 Å². The smallest absolute Gasteiger partial charge is 0.323 e. The van der Waals surface area contributed by atoms with Crippen LogP contribution in [0.25, 0.3) is 0 Å². The summed E-state index contributed by atoms with van der Waals surface area (Å²) >= 11 is 0. The predicted octanol–water partition coefficient (Wildman–Crippen LogP) is -0.513. The molecule has 1 aromatic heterocycles. The first kappa shape index (κ1) is 13.1. The Bertz CT molecular complexity index is 523. The third-order valence-corrected chi connectivity index (χ3v) is 3.10. The highest BCUT2D eigenvalue weighted by Gasteiger charge is 2.27. The standard InChI is InChI=1S/C12H15N3O4/c1-13-5-6-15(7-10(13)16)12(19)9-3-2-4-14(9)8-11(17)18/h2-4H,5-8H2,1H3,(H,17,18). The summed E-state index contributed by atoms with van der Waals surface area (Å²) in [6, 6.07) is 3.18. The van der Waals surface area contributed by atoms with Crippen molar-refractivity contribution < 1.29 is 19.5 Å². The van der Waals surface area contributed by atoms with Gasteiger partial charge in [0.15, 0.2) is 0 Å². The van der Waals surface area contributed by atoms with E-state index in [1.54, 1.807) is 30.3 Å². The Kier molecular flexibility index (Phi) is 3.55. The van der Waals surface area contributed by atoms with E-state index >= 15 is 0 Å². The van der Waals surface area contributed by atoms with Gasteiger partial charge in [0.2, 0.25) is 5.91 Å². The van der Waals surface area contributed by atoms with Gasteiger partial charge in [0, 0.05) is 26.3 Å². The van der Waals surface area contributed by atoms with Gasteiger partial charge in [0.25, 0.3) is 5.91 Å². The number of carbonyl (C=O) groups excluding carboxylic acids is 2. The van der Waals surface area contributed by atoms with Crippen LogP contribution in [0.15, 0.2) is 18.3 Å². The normalized spacial score (nSPS) is 15.7. The zero-order valence-electron chi connectivity index (χ0n) is 10.6. The number of hydrogen-bond donors (Lipinski definition) is 1.